The minimum atomic E-state index is -0.0598. The monoisotopic (exact) mass is 266 g/mol. The van der Waals surface area contributed by atoms with Crippen molar-refractivity contribution < 1.29 is 14.6 Å². The van der Waals surface area contributed by atoms with Gasteiger partial charge in [0.2, 0.25) is 5.91 Å². The molecule has 3 N–H and O–H groups in total. The number of nitrogens with one attached hydrogen (secondary N) is 2. The minimum absolute atomic E-state index is 0.0598. The molecule has 0 heterocycles. The molecule has 19 heavy (non-hydrogen) atoms. The van der Waals surface area contributed by atoms with E-state index in [4.69, 9.17) is 4.74 Å². The lowest BCUT2D eigenvalue weighted by atomic mass is 10.2. The molecule has 0 saturated carbocycles. The van der Waals surface area contributed by atoms with Crippen LogP contribution in [0.2, 0.25) is 0 Å². The highest BCUT2D eigenvalue weighted by Crippen LogP contribution is 2.29. The van der Waals surface area contributed by atoms with Crippen LogP contribution < -0.4 is 15.4 Å². The average molecular weight is 266 g/mol. The number of para-hydroxylation sites is 1. The summed E-state index contributed by atoms with van der Waals surface area (Å²) in [6.45, 7) is 6.82. The number of hydrogen-bond donors (Lipinski definition) is 3. The van der Waals surface area contributed by atoms with E-state index in [0.29, 0.717) is 24.5 Å². The van der Waals surface area contributed by atoms with Crippen LogP contribution in [-0.2, 0) is 11.3 Å². The number of phenolic OH excluding ortho intramolecular Hbond substituents is 1. The molecule has 0 aliphatic rings. The fourth-order valence-corrected chi connectivity index (χ4v) is 1.67. The molecule has 1 rings (SSSR count). The molecule has 0 atom stereocenters. The number of phenols is 1. The van der Waals surface area contributed by atoms with E-state index >= 15 is 0 Å². The van der Waals surface area contributed by atoms with Crippen molar-refractivity contribution >= 4 is 5.91 Å². The molecule has 0 fully saturated rings. The van der Waals surface area contributed by atoms with Crippen LogP contribution in [0.5, 0.6) is 11.5 Å². The Bertz CT molecular complexity index is 419. The van der Waals surface area contributed by atoms with E-state index < -0.39 is 0 Å². The first-order valence-corrected chi connectivity index (χ1v) is 6.48. The van der Waals surface area contributed by atoms with E-state index in [1.54, 1.807) is 12.1 Å². The van der Waals surface area contributed by atoms with Gasteiger partial charge in [0.25, 0.3) is 0 Å². The van der Waals surface area contributed by atoms with Crippen molar-refractivity contribution in [3.63, 3.8) is 0 Å². The third kappa shape index (κ3) is 5.18. The maximum atomic E-state index is 11.4. The standard InChI is InChI=1S/C14H22N2O3/c1-4-19-12-7-5-6-11(14(12)18)8-15-9-13(17)16-10(2)3/h5-7,10,15,18H,4,8-9H2,1-3H3,(H,16,17). The van der Waals surface area contributed by atoms with Crippen LogP contribution in [0.3, 0.4) is 0 Å². The molecule has 0 aliphatic heterocycles. The van der Waals surface area contributed by atoms with Gasteiger partial charge in [-0.25, -0.2) is 0 Å². The zero-order chi connectivity index (χ0) is 14.3. The van der Waals surface area contributed by atoms with Crippen LogP contribution in [0.4, 0.5) is 0 Å². The quantitative estimate of drug-likeness (QED) is 0.698. The van der Waals surface area contributed by atoms with Crippen molar-refractivity contribution in [3.8, 4) is 11.5 Å². The molecule has 1 amide bonds. The van der Waals surface area contributed by atoms with Gasteiger partial charge in [0.1, 0.15) is 0 Å². The van der Waals surface area contributed by atoms with E-state index in [-0.39, 0.29) is 24.2 Å². The molecule has 1 aromatic carbocycles. The van der Waals surface area contributed by atoms with Gasteiger partial charge in [-0.1, -0.05) is 12.1 Å². The summed E-state index contributed by atoms with van der Waals surface area (Å²) in [6.07, 6.45) is 0. The van der Waals surface area contributed by atoms with Crippen LogP contribution in [0.15, 0.2) is 18.2 Å². The summed E-state index contributed by atoms with van der Waals surface area (Å²) < 4.78 is 5.30. The Labute approximate surface area is 114 Å². The fraction of sp³-hybridized carbons (Fsp3) is 0.500. The number of rotatable bonds is 7. The van der Waals surface area contributed by atoms with Crippen molar-refractivity contribution in [3.05, 3.63) is 23.8 Å². The zero-order valence-electron chi connectivity index (χ0n) is 11.7. The normalized spacial score (nSPS) is 10.5. The Balaban J connectivity index is 2.49. The van der Waals surface area contributed by atoms with E-state index in [1.165, 1.54) is 0 Å². The number of benzene rings is 1. The molecule has 5 nitrogen and oxygen atoms in total. The van der Waals surface area contributed by atoms with Crippen molar-refractivity contribution in [2.24, 2.45) is 0 Å². The highest BCUT2D eigenvalue weighted by Gasteiger charge is 2.08. The van der Waals surface area contributed by atoms with Gasteiger partial charge in [-0.05, 0) is 26.8 Å². The first-order valence-electron chi connectivity index (χ1n) is 6.48. The molecule has 0 radical (unpaired) electrons. The van der Waals surface area contributed by atoms with Gasteiger partial charge in [-0.3, -0.25) is 4.79 Å². The highest BCUT2D eigenvalue weighted by molar-refractivity contribution is 5.78. The van der Waals surface area contributed by atoms with Crippen molar-refractivity contribution in [1.29, 1.82) is 0 Å². The molecule has 0 unspecified atom stereocenters. The molecule has 0 spiro atoms. The number of carbonyl (C=O) groups is 1. The first-order chi connectivity index (χ1) is 9.04. The summed E-state index contributed by atoms with van der Waals surface area (Å²) in [6, 6.07) is 5.46. The molecular formula is C14H22N2O3. The van der Waals surface area contributed by atoms with Crippen molar-refractivity contribution in [2.45, 2.75) is 33.4 Å². The van der Waals surface area contributed by atoms with Gasteiger partial charge in [0.05, 0.1) is 13.2 Å². The van der Waals surface area contributed by atoms with Gasteiger partial charge < -0.3 is 20.5 Å². The molecule has 1 aromatic rings. The first kappa shape index (κ1) is 15.3. The summed E-state index contributed by atoms with van der Waals surface area (Å²) in [5, 5.41) is 15.7. The summed E-state index contributed by atoms with van der Waals surface area (Å²) in [5.74, 6) is 0.532. The van der Waals surface area contributed by atoms with Crippen LogP contribution in [0.1, 0.15) is 26.3 Å². The largest absolute Gasteiger partial charge is 0.504 e. The van der Waals surface area contributed by atoms with Crippen LogP contribution in [0.25, 0.3) is 0 Å². The third-order valence-corrected chi connectivity index (χ3v) is 2.43. The van der Waals surface area contributed by atoms with Gasteiger partial charge in [-0.15, -0.1) is 0 Å². The van der Waals surface area contributed by atoms with Crippen molar-refractivity contribution in [2.75, 3.05) is 13.2 Å². The lowest BCUT2D eigenvalue weighted by molar-refractivity contribution is -0.120. The second-order valence-electron chi connectivity index (χ2n) is 4.52. The van der Waals surface area contributed by atoms with Gasteiger partial charge in [0.15, 0.2) is 11.5 Å². The SMILES string of the molecule is CCOc1cccc(CNCC(=O)NC(C)C)c1O. The molecule has 0 aromatic heterocycles. The van der Waals surface area contributed by atoms with Gasteiger partial charge in [-0.2, -0.15) is 0 Å². The number of amides is 1. The third-order valence-electron chi connectivity index (χ3n) is 2.43. The Hall–Kier alpha value is -1.75. The molecule has 5 heteroatoms. The Morgan fingerprint density at radius 3 is 2.79 bits per heavy atom. The fourth-order valence-electron chi connectivity index (χ4n) is 1.67. The molecule has 0 saturated heterocycles. The molecule has 0 aliphatic carbocycles. The predicted molar refractivity (Wildman–Crippen MR) is 74.3 cm³/mol. The minimum Gasteiger partial charge on any atom is -0.504 e. The Morgan fingerprint density at radius 1 is 1.42 bits per heavy atom. The lowest BCUT2D eigenvalue weighted by Gasteiger charge is -2.12. The van der Waals surface area contributed by atoms with E-state index in [0.717, 1.165) is 0 Å². The zero-order valence-corrected chi connectivity index (χ0v) is 11.7. The van der Waals surface area contributed by atoms with Crippen molar-refractivity contribution in [1.82, 2.24) is 10.6 Å². The van der Waals surface area contributed by atoms with Crippen LogP contribution >= 0.6 is 0 Å². The number of aromatic hydroxyl groups is 1. The van der Waals surface area contributed by atoms with E-state index in [2.05, 4.69) is 10.6 Å². The molecular weight excluding hydrogens is 244 g/mol. The maximum Gasteiger partial charge on any atom is 0.234 e. The molecule has 0 bridgehead atoms. The highest BCUT2D eigenvalue weighted by atomic mass is 16.5. The number of ether oxygens (including phenoxy) is 1. The smallest absolute Gasteiger partial charge is 0.234 e. The molecule has 106 valence electrons. The topological polar surface area (TPSA) is 70.6 Å². The second-order valence-corrected chi connectivity index (χ2v) is 4.52. The Kier molecular flexibility index (Phi) is 6.15. The number of hydrogen-bond acceptors (Lipinski definition) is 4. The summed E-state index contributed by atoms with van der Waals surface area (Å²) in [4.78, 5) is 11.4. The summed E-state index contributed by atoms with van der Waals surface area (Å²) in [7, 11) is 0. The second kappa shape index (κ2) is 7.63. The average Bonchev–Trinajstić information content (AvgIpc) is 2.33. The Morgan fingerprint density at radius 2 is 2.16 bits per heavy atom. The van der Waals surface area contributed by atoms with E-state index in [1.807, 2.05) is 26.8 Å². The van der Waals surface area contributed by atoms with Gasteiger partial charge >= 0.3 is 0 Å². The number of carbonyl (C=O) groups excluding carboxylic acids is 1. The summed E-state index contributed by atoms with van der Waals surface area (Å²) >= 11 is 0. The summed E-state index contributed by atoms with van der Waals surface area (Å²) in [5.41, 5.74) is 0.711. The maximum absolute atomic E-state index is 11.4. The van der Waals surface area contributed by atoms with Gasteiger partial charge in [0, 0.05) is 18.2 Å². The lowest BCUT2D eigenvalue weighted by Crippen LogP contribution is -2.37. The predicted octanol–water partition coefficient (Wildman–Crippen LogP) is 1.41. The van der Waals surface area contributed by atoms with Crippen LogP contribution in [0, 0.1) is 0 Å². The van der Waals surface area contributed by atoms with E-state index in [9.17, 15) is 9.90 Å². The van der Waals surface area contributed by atoms with Crippen LogP contribution in [-0.4, -0.2) is 30.2 Å².